The molecule has 0 spiro atoms. The first kappa shape index (κ1) is 10.7. The molecule has 1 N–H and O–H groups in total. The Labute approximate surface area is 96.5 Å². The maximum atomic E-state index is 10.9. The van der Waals surface area contributed by atoms with E-state index in [9.17, 15) is 4.79 Å². The van der Waals surface area contributed by atoms with Crippen LogP contribution in [0.2, 0.25) is 5.15 Å². The van der Waals surface area contributed by atoms with E-state index >= 15 is 0 Å². The van der Waals surface area contributed by atoms with Crippen molar-refractivity contribution in [3.05, 3.63) is 40.9 Å². The smallest absolute Gasteiger partial charge is 0.335 e. The molecule has 5 heteroatoms. The molecule has 0 radical (unpaired) electrons. The van der Waals surface area contributed by atoms with Crippen LogP contribution in [-0.2, 0) is 0 Å². The Morgan fingerprint density at radius 1 is 1.50 bits per heavy atom. The Morgan fingerprint density at radius 2 is 2.25 bits per heavy atom. The lowest BCUT2D eigenvalue weighted by atomic mass is 10.1. The molecule has 0 saturated carbocycles. The molecule has 2 rings (SSSR count). The van der Waals surface area contributed by atoms with Crippen LogP contribution in [0.3, 0.4) is 0 Å². The van der Waals surface area contributed by atoms with Gasteiger partial charge in [-0.25, -0.2) is 9.78 Å². The van der Waals surface area contributed by atoms with Crippen LogP contribution in [0, 0.1) is 6.92 Å². The number of hydrogen-bond donors (Lipinski definition) is 1. The number of hydrogen-bond acceptors (Lipinski definition) is 3. The van der Waals surface area contributed by atoms with Crippen LogP contribution in [-0.4, -0.2) is 16.1 Å². The molecule has 2 heterocycles. The predicted molar refractivity (Wildman–Crippen MR) is 58.6 cm³/mol. The molecule has 0 bridgehead atoms. The summed E-state index contributed by atoms with van der Waals surface area (Å²) in [6, 6.07) is 4.49. The van der Waals surface area contributed by atoms with Crippen molar-refractivity contribution in [3.8, 4) is 11.3 Å². The zero-order valence-electron chi connectivity index (χ0n) is 8.40. The summed E-state index contributed by atoms with van der Waals surface area (Å²) in [6.07, 6.45) is 1.52. The summed E-state index contributed by atoms with van der Waals surface area (Å²) in [5, 5.41) is 9.04. The maximum absolute atomic E-state index is 10.9. The fourth-order valence-electron chi connectivity index (χ4n) is 1.41. The molecule has 0 aliphatic carbocycles. The van der Waals surface area contributed by atoms with Gasteiger partial charge in [-0.05, 0) is 25.1 Å². The molecule has 82 valence electrons. The Kier molecular flexibility index (Phi) is 2.66. The molecule has 0 aromatic carbocycles. The summed E-state index contributed by atoms with van der Waals surface area (Å²) in [7, 11) is 0. The van der Waals surface area contributed by atoms with Crippen molar-refractivity contribution in [3.63, 3.8) is 0 Å². The summed E-state index contributed by atoms with van der Waals surface area (Å²) >= 11 is 5.76. The third-order valence-electron chi connectivity index (χ3n) is 2.18. The second-order valence-electron chi connectivity index (χ2n) is 3.26. The van der Waals surface area contributed by atoms with Crippen LogP contribution in [0.4, 0.5) is 0 Å². The van der Waals surface area contributed by atoms with Crippen molar-refractivity contribution in [1.29, 1.82) is 0 Å². The Morgan fingerprint density at radius 3 is 2.81 bits per heavy atom. The third kappa shape index (κ3) is 1.92. The van der Waals surface area contributed by atoms with Crippen molar-refractivity contribution >= 4 is 17.6 Å². The van der Waals surface area contributed by atoms with Gasteiger partial charge in [0.1, 0.15) is 10.9 Å². The number of aromatic nitrogens is 1. The monoisotopic (exact) mass is 237 g/mol. The van der Waals surface area contributed by atoms with Gasteiger partial charge in [0.2, 0.25) is 0 Å². The number of carbonyl (C=O) groups is 1. The van der Waals surface area contributed by atoms with E-state index in [0.717, 1.165) is 5.56 Å². The maximum Gasteiger partial charge on any atom is 0.335 e. The topological polar surface area (TPSA) is 63.3 Å². The molecule has 0 atom stereocenters. The van der Waals surface area contributed by atoms with Gasteiger partial charge >= 0.3 is 5.97 Å². The number of pyridine rings is 1. The number of aryl methyl sites for hydroxylation is 1. The van der Waals surface area contributed by atoms with Crippen molar-refractivity contribution in [2.24, 2.45) is 0 Å². The summed E-state index contributed by atoms with van der Waals surface area (Å²) < 4.78 is 5.13. The summed E-state index contributed by atoms with van der Waals surface area (Å²) in [6.45, 7) is 1.78. The number of furan rings is 1. The van der Waals surface area contributed by atoms with E-state index in [1.807, 2.05) is 0 Å². The number of aromatic carboxylic acids is 1. The van der Waals surface area contributed by atoms with Gasteiger partial charge in [-0.3, -0.25) is 0 Å². The number of rotatable bonds is 2. The lowest BCUT2D eigenvalue weighted by molar-refractivity contribution is 0.0697. The highest BCUT2D eigenvalue weighted by atomic mass is 35.5. The number of nitrogens with zero attached hydrogens (tertiary/aromatic N) is 1. The van der Waals surface area contributed by atoms with Crippen LogP contribution in [0.1, 0.15) is 16.1 Å². The van der Waals surface area contributed by atoms with Gasteiger partial charge in [-0.1, -0.05) is 11.6 Å². The van der Waals surface area contributed by atoms with E-state index in [2.05, 4.69) is 4.98 Å². The SMILES string of the molecule is Cc1occc1-c1cc(C(=O)O)cc(Cl)n1. The minimum Gasteiger partial charge on any atom is -0.478 e. The van der Waals surface area contributed by atoms with Gasteiger partial charge in [0, 0.05) is 5.56 Å². The zero-order chi connectivity index (χ0) is 11.7. The fraction of sp³-hybridized carbons (Fsp3) is 0.0909. The highest BCUT2D eigenvalue weighted by Crippen LogP contribution is 2.25. The van der Waals surface area contributed by atoms with Crippen molar-refractivity contribution < 1.29 is 14.3 Å². The second kappa shape index (κ2) is 3.98. The molecule has 16 heavy (non-hydrogen) atoms. The highest BCUT2D eigenvalue weighted by Gasteiger charge is 2.11. The van der Waals surface area contributed by atoms with E-state index in [1.165, 1.54) is 18.4 Å². The minimum atomic E-state index is -1.04. The van der Waals surface area contributed by atoms with Crippen LogP contribution in [0.15, 0.2) is 28.9 Å². The van der Waals surface area contributed by atoms with Crippen molar-refractivity contribution in [1.82, 2.24) is 4.98 Å². The Hall–Kier alpha value is -1.81. The Bertz CT molecular complexity index is 548. The predicted octanol–water partition coefficient (Wildman–Crippen LogP) is 3.00. The lowest BCUT2D eigenvalue weighted by Crippen LogP contribution is -1.98. The molecule has 0 aliphatic rings. The first-order valence-corrected chi connectivity index (χ1v) is 4.91. The van der Waals surface area contributed by atoms with Crippen LogP contribution >= 0.6 is 11.6 Å². The molecular formula is C11H8ClNO3. The molecule has 0 saturated heterocycles. The van der Waals surface area contributed by atoms with Gasteiger partial charge in [-0.15, -0.1) is 0 Å². The third-order valence-corrected chi connectivity index (χ3v) is 2.37. The molecule has 4 nitrogen and oxygen atoms in total. The van der Waals surface area contributed by atoms with Crippen LogP contribution < -0.4 is 0 Å². The molecule has 2 aromatic heterocycles. The second-order valence-corrected chi connectivity index (χ2v) is 3.65. The molecule has 0 fully saturated rings. The average molecular weight is 238 g/mol. The van der Waals surface area contributed by atoms with E-state index in [1.54, 1.807) is 13.0 Å². The van der Waals surface area contributed by atoms with Crippen molar-refractivity contribution in [2.45, 2.75) is 6.92 Å². The summed E-state index contributed by atoms with van der Waals surface area (Å²) in [4.78, 5) is 14.9. The lowest BCUT2D eigenvalue weighted by Gasteiger charge is -2.01. The van der Waals surface area contributed by atoms with Gasteiger partial charge in [0.25, 0.3) is 0 Å². The van der Waals surface area contributed by atoms with E-state index in [4.69, 9.17) is 21.1 Å². The first-order chi connectivity index (χ1) is 7.58. The van der Waals surface area contributed by atoms with Crippen LogP contribution in [0.5, 0.6) is 0 Å². The molecule has 2 aromatic rings. The number of halogens is 1. The normalized spacial score (nSPS) is 10.4. The number of carboxylic acid groups (broad SMARTS) is 1. The standard InChI is InChI=1S/C11H8ClNO3/c1-6-8(2-3-16-6)9-4-7(11(14)15)5-10(12)13-9/h2-5H,1H3,(H,14,15). The van der Waals surface area contributed by atoms with E-state index in [0.29, 0.717) is 11.5 Å². The molecule has 0 aliphatic heterocycles. The molecule has 0 unspecified atom stereocenters. The first-order valence-electron chi connectivity index (χ1n) is 4.53. The molecular weight excluding hydrogens is 230 g/mol. The highest BCUT2D eigenvalue weighted by molar-refractivity contribution is 6.29. The van der Waals surface area contributed by atoms with Gasteiger partial charge in [-0.2, -0.15) is 0 Å². The van der Waals surface area contributed by atoms with E-state index < -0.39 is 5.97 Å². The molecule has 0 amide bonds. The van der Waals surface area contributed by atoms with Crippen molar-refractivity contribution in [2.75, 3.05) is 0 Å². The van der Waals surface area contributed by atoms with E-state index in [-0.39, 0.29) is 10.7 Å². The van der Waals surface area contributed by atoms with Gasteiger partial charge < -0.3 is 9.52 Å². The summed E-state index contributed by atoms with van der Waals surface area (Å²) in [5.41, 5.74) is 1.34. The minimum absolute atomic E-state index is 0.107. The zero-order valence-corrected chi connectivity index (χ0v) is 9.15. The average Bonchev–Trinajstić information content (AvgIpc) is 2.63. The quantitative estimate of drug-likeness (QED) is 0.816. The summed E-state index contributed by atoms with van der Waals surface area (Å²) in [5.74, 6) is -0.363. The fourth-order valence-corrected chi connectivity index (χ4v) is 1.62. The largest absolute Gasteiger partial charge is 0.478 e. The van der Waals surface area contributed by atoms with Gasteiger partial charge in [0.05, 0.1) is 17.5 Å². The Balaban J connectivity index is 2.58. The number of carboxylic acids is 1. The van der Waals surface area contributed by atoms with Gasteiger partial charge in [0.15, 0.2) is 0 Å². The van der Waals surface area contributed by atoms with Crippen LogP contribution in [0.25, 0.3) is 11.3 Å².